The van der Waals surface area contributed by atoms with Gasteiger partial charge in [-0.05, 0) is 127 Å². The van der Waals surface area contributed by atoms with Crippen LogP contribution in [0.5, 0.6) is 0 Å². The highest BCUT2D eigenvalue weighted by Gasteiger charge is 2.42. The second-order valence-electron chi connectivity index (χ2n) is 18.7. The van der Waals surface area contributed by atoms with Gasteiger partial charge in [-0.1, -0.05) is 152 Å². The Balaban J connectivity index is -0.000000512. The van der Waals surface area contributed by atoms with Gasteiger partial charge in [0.25, 0.3) is 0 Å². The molecule has 0 aromatic heterocycles. The molecule has 3 fully saturated rings. The topological polar surface area (TPSA) is 0 Å². The Bertz CT molecular complexity index is 591. The Morgan fingerprint density at radius 1 is 0.326 bits per heavy atom. The van der Waals surface area contributed by atoms with E-state index in [9.17, 15) is 0 Å². The smallest absolute Gasteiger partial charge is 0.0354 e. The predicted molar refractivity (Wildman–Crippen MR) is 204 cm³/mol. The molecule has 3 aliphatic carbocycles. The molecule has 0 heteroatoms. The molecule has 43 heavy (non-hydrogen) atoms. The monoisotopic (exact) mass is 609 g/mol. The van der Waals surface area contributed by atoms with Crippen LogP contribution in [0.2, 0.25) is 0 Å². The molecule has 0 aromatic rings. The maximum Gasteiger partial charge on any atom is -0.0354 e. The molecule has 264 valence electrons. The van der Waals surface area contributed by atoms with E-state index < -0.39 is 0 Å². The van der Waals surface area contributed by atoms with Crippen LogP contribution in [-0.4, -0.2) is 0 Å². The molecule has 2 unspecified atom stereocenters. The lowest BCUT2D eigenvalue weighted by atomic mass is 9.56. The van der Waals surface area contributed by atoms with Crippen LogP contribution in [0.3, 0.4) is 0 Å². The van der Waals surface area contributed by atoms with Crippen molar-refractivity contribution in [2.75, 3.05) is 0 Å². The molecule has 3 saturated carbocycles. The maximum absolute atomic E-state index is 2.40. The number of hydrogen-bond donors (Lipinski definition) is 0. The molecule has 0 spiro atoms. The van der Waals surface area contributed by atoms with Crippen LogP contribution in [0.25, 0.3) is 0 Å². The second-order valence-corrected chi connectivity index (χ2v) is 18.7. The van der Waals surface area contributed by atoms with Crippen molar-refractivity contribution in [1.29, 1.82) is 0 Å². The summed E-state index contributed by atoms with van der Waals surface area (Å²) in [6, 6.07) is 0. The van der Waals surface area contributed by atoms with Gasteiger partial charge in [-0.2, -0.15) is 0 Å². The molecule has 0 aliphatic heterocycles. The fourth-order valence-electron chi connectivity index (χ4n) is 7.09. The molecule has 0 saturated heterocycles. The maximum atomic E-state index is 2.40. The second kappa shape index (κ2) is 21.7. The molecule has 0 N–H and O–H groups in total. The first-order chi connectivity index (χ1) is 19.5. The summed E-state index contributed by atoms with van der Waals surface area (Å²) in [6.45, 7) is 50.1. The van der Waals surface area contributed by atoms with Crippen molar-refractivity contribution in [2.45, 2.75) is 210 Å². The van der Waals surface area contributed by atoms with Crippen molar-refractivity contribution in [3.05, 3.63) is 0 Å². The molecule has 2 atom stereocenters. The highest BCUT2D eigenvalue weighted by Crippen LogP contribution is 2.51. The zero-order chi connectivity index (χ0) is 35.0. The summed E-state index contributed by atoms with van der Waals surface area (Å²) in [5, 5.41) is 0. The van der Waals surface area contributed by atoms with E-state index in [1.165, 1.54) is 57.8 Å². The summed E-state index contributed by atoms with van der Waals surface area (Å²) in [4.78, 5) is 0. The summed E-state index contributed by atoms with van der Waals surface area (Å²) < 4.78 is 0. The third-order valence-electron chi connectivity index (χ3n) is 11.2. The van der Waals surface area contributed by atoms with Gasteiger partial charge >= 0.3 is 0 Å². The van der Waals surface area contributed by atoms with Crippen LogP contribution in [0.1, 0.15) is 210 Å². The van der Waals surface area contributed by atoms with Crippen molar-refractivity contribution in [3.63, 3.8) is 0 Å². The van der Waals surface area contributed by atoms with E-state index in [-0.39, 0.29) is 0 Å². The number of rotatable bonds is 2. The van der Waals surface area contributed by atoms with E-state index in [0.29, 0.717) is 21.7 Å². The van der Waals surface area contributed by atoms with Gasteiger partial charge in [0.1, 0.15) is 0 Å². The summed E-state index contributed by atoms with van der Waals surface area (Å²) in [5.41, 5.74) is 2.18. The highest BCUT2D eigenvalue weighted by molar-refractivity contribution is 4.92. The average Bonchev–Trinajstić information content (AvgIpc) is 3.37. The SMILES string of the molecule is CC.CC.CC.CC(C)(C)C1CC(C(C)(C)C)C1.CC(C)C1CCC(C(C)(C)C)C1.CC(C)C1CCC(C(C)(C)C)CC1. The Labute approximate surface area is 278 Å². The first-order valence-corrected chi connectivity index (χ1v) is 19.5. The lowest BCUT2D eigenvalue weighted by Crippen LogP contribution is -2.40. The van der Waals surface area contributed by atoms with E-state index >= 15 is 0 Å². The van der Waals surface area contributed by atoms with Crippen LogP contribution in [0, 0.1) is 69.0 Å². The van der Waals surface area contributed by atoms with Crippen molar-refractivity contribution >= 4 is 0 Å². The van der Waals surface area contributed by atoms with Gasteiger partial charge in [-0.3, -0.25) is 0 Å². The first-order valence-electron chi connectivity index (χ1n) is 19.5. The molecule has 3 rings (SSSR count). The minimum Gasteiger partial charge on any atom is -0.0683 e. The van der Waals surface area contributed by atoms with Gasteiger partial charge in [0.15, 0.2) is 0 Å². The van der Waals surface area contributed by atoms with Crippen LogP contribution in [0.15, 0.2) is 0 Å². The van der Waals surface area contributed by atoms with Gasteiger partial charge in [-0.25, -0.2) is 0 Å². The Kier molecular flexibility index (Phi) is 24.0. The van der Waals surface area contributed by atoms with Crippen molar-refractivity contribution < 1.29 is 0 Å². The summed E-state index contributed by atoms with van der Waals surface area (Å²) in [6.07, 6.45) is 13.2. The normalized spacial score (nSPS) is 27.3. The third kappa shape index (κ3) is 19.3. The van der Waals surface area contributed by atoms with Crippen molar-refractivity contribution in [1.82, 2.24) is 0 Å². The van der Waals surface area contributed by atoms with Crippen LogP contribution in [0.4, 0.5) is 0 Å². The van der Waals surface area contributed by atoms with E-state index in [2.05, 4.69) is 111 Å². The standard InChI is InChI=1S/C13H26.2C12H24.3C2H6/c1-10(2)11-6-8-12(9-7-11)13(3,4)5;1-11(2,3)9-7-10(8-9)12(4,5)6;1-9(2)10-6-7-11(8-10)12(3,4)5;3*1-2/h10-12H,6-9H2,1-5H3;9-10H,7-8H2,1-6H3;9-11H,6-8H2,1-5H3;3*1-2H3. The molecule has 0 amide bonds. The average molecular weight is 609 g/mol. The third-order valence-corrected chi connectivity index (χ3v) is 11.2. The first kappa shape index (κ1) is 47.4. The van der Waals surface area contributed by atoms with Gasteiger partial charge < -0.3 is 0 Å². The molecule has 0 heterocycles. The summed E-state index contributed by atoms with van der Waals surface area (Å²) in [7, 11) is 0. The lowest BCUT2D eigenvalue weighted by Gasteiger charge is -2.49. The highest BCUT2D eigenvalue weighted by atomic mass is 14.5. The van der Waals surface area contributed by atoms with Crippen molar-refractivity contribution in [2.24, 2.45) is 69.0 Å². The molecule has 0 aromatic carbocycles. The predicted octanol–water partition coefficient (Wildman–Crippen LogP) is 15.8. The van der Waals surface area contributed by atoms with E-state index in [0.717, 1.165) is 47.3 Å². The molecular weight excluding hydrogens is 516 g/mol. The molecule has 0 bridgehead atoms. The fourth-order valence-corrected chi connectivity index (χ4v) is 7.09. The zero-order valence-corrected chi connectivity index (χ0v) is 35.0. The van der Waals surface area contributed by atoms with E-state index in [4.69, 9.17) is 0 Å². The summed E-state index contributed by atoms with van der Waals surface area (Å²) >= 11 is 0. The van der Waals surface area contributed by atoms with Crippen molar-refractivity contribution in [3.8, 4) is 0 Å². The van der Waals surface area contributed by atoms with Gasteiger partial charge in [-0.15, -0.1) is 0 Å². The lowest BCUT2D eigenvalue weighted by molar-refractivity contribution is 0.0110. The zero-order valence-electron chi connectivity index (χ0n) is 35.0. The van der Waals surface area contributed by atoms with Gasteiger partial charge in [0, 0.05) is 0 Å². The van der Waals surface area contributed by atoms with Gasteiger partial charge in [0.05, 0.1) is 0 Å². The van der Waals surface area contributed by atoms with Crippen LogP contribution in [-0.2, 0) is 0 Å². The minimum absolute atomic E-state index is 0.543. The molecular formula is C43H92. The quantitative estimate of drug-likeness (QED) is 0.292. The van der Waals surface area contributed by atoms with Gasteiger partial charge in [0.2, 0.25) is 0 Å². The Morgan fingerprint density at radius 2 is 0.581 bits per heavy atom. The van der Waals surface area contributed by atoms with E-state index in [1.807, 2.05) is 41.5 Å². The van der Waals surface area contributed by atoms with E-state index in [1.54, 1.807) is 0 Å². The van der Waals surface area contributed by atoms with Crippen LogP contribution < -0.4 is 0 Å². The summed E-state index contributed by atoms with van der Waals surface area (Å²) in [5.74, 6) is 7.72. The molecule has 3 aliphatic rings. The number of hydrogen-bond acceptors (Lipinski definition) is 0. The molecule has 0 radical (unpaired) electrons. The molecule has 0 nitrogen and oxygen atoms in total. The van der Waals surface area contributed by atoms with Crippen LogP contribution >= 0.6 is 0 Å². The largest absolute Gasteiger partial charge is 0.0683 e. The minimum atomic E-state index is 0.543. The Hall–Kier alpha value is 0. The Morgan fingerprint density at radius 3 is 0.791 bits per heavy atom. The fraction of sp³-hybridized carbons (Fsp3) is 1.00.